The highest BCUT2D eigenvalue weighted by Crippen LogP contribution is 2.30. The Labute approximate surface area is 131 Å². The van der Waals surface area contributed by atoms with Gasteiger partial charge in [-0.2, -0.15) is 13.2 Å². The number of carbonyl (C=O) groups is 2. The first-order valence-corrected chi connectivity index (χ1v) is 7.06. The lowest BCUT2D eigenvalue weighted by Crippen LogP contribution is -2.61. The first kappa shape index (κ1) is 17.1. The number of hydrogen-bond acceptors (Lipinski definition) is 3. The van der Waals surface area contributed by atoms with Gasteiger partial charge in [-0.15, -0.1) is 0 Å². The number of benzene rings is 1. The Balaban J connectivity index is 1.83. The van der Waals surface area contributed by atoms with Crippen LogP contribution < -0.4 is 10.1 Å². The first-order valence-electron chi connectivity index (χ1n) is 7.06. The fraction of sp³-hybridized carbons (Fsp3) is 0.467. The summed E-state index contributed by atoms with van der Waals surface area (Å²) in [5, 5.41) is 2.72. The van der Waals surface area contributed by atoms with Crippen LogP contribution in [0.5, 0.6) is 5.75 Å². The zero-order valence-electron chi connectivity index (χ0n) is 12.7. The van der Waals surface area contributed by atoms with Gasteiger partial charge in [-0.3, -0.25) is 9.59 Å². The largest absolute Gasteiger partial charge is 0.481 e. The molecule has 1 heterocycles. The van der Waals surface area contributed by atoms with Gasteiger partial charge in [-0.1, -0.05) is 0 Å². The first-order chi connectivity index (χ1) is 10.7. The van der Waals surface area contributed by atoms with Crippen LogP contribution in [-0.2, 0) is 15.8 Å². The van der Waals surface area contributed by atoms with E-state index in [2.05, 4.69) is 5.32 Å². The van der Waals surface area contributed by atoms with Gasteiger partial charge in [0.15, 0.2) is 6.10 Å². The summed E-state index contributed by atoms with van der Waals surface area (Å²) in [5.41, 5.74) is -0.777. The number of halogens is 3. The number of alkyl halides is 3. The van der Waals surface area contributed by atoms with E-state index in [0.29, 0.717) is 13.1 Å². The van der Waals surface area contributed by atoms with E-state index in [0.717, 1.165) is 12.1 Å². The van der Waals surface area contributed by atoms with Crippen LogP contribution >= 0.6 is 0 Å². The van der Waals surface area contributed by atoms with Crippen LogP contribution in [0.25, 0.3) is 0 Å². The maximum Gasteiger partial charge on any atom is 0.416 e. The molecular formula is C15H17F3N2O3. The molecule has 0 radical (unpaired) electrons. The number of nitrogens with zero attached hydrogens (tertiary/aromatic N) is 1. The second-order valence-electron chi connectivity index (χ2n) is 5.41. The van der Waals surface area contributed by atoms with E-state index >= 15 is 0 Å². The molecule has 1 aliphatic rings. The van der Waals surface area contributed by atoms with E-state index in [1.165, 1.54) is 26.0 Å². The van der Waals surface area contributed by atoms with Crippen molar-refractivity contribution in [3.63, 3.8) is 0 Å². The van der Waals surface area contributed by atoms with Crippen LogP contribution in [0.4, 0.5) is 13.2 Å². The van der Waals surface area contributed by atoms with Crippen LogP contribution in [0.3, 0.4) is 0 Å². The third-order valence-corrected chi connectivity index (χ3v) is 3.54. The Morgan fingerprint density at radius 1 is 1.26 bits per heavy atom. The van der Waals surface area contributed by atoms with Gasteiger partial charge >= 0.3 is 6.18 Å². The lowest BCUT2D eigenvalue weighted by Gasteiger charge is -2.39. The van der Waals surface area contributed by atoms with Gasteiger partial charge in [0.25, 0.3) is 5.91 Å². The molecule has 0 saturated carbocycles. The highest BCUT2D eigenvalue weighted by molar-refractivity contribution is 5.81. The summed E-state index contributed by atoms with van der Waals surface area (Å²) in [7, 11) is 0. The molecule has 1 atom stereocenters. The van der Waals surface area contributed by atoms with E-state index in [-0.39, 0.29) is 23.6 Å². The molecule has 0 bridgehead atoms. The Bertz CT molecular complexity index is 581. The second kappa shape index (κ2) is 6.47. The van der Waals surface area contributed by atoms with Gasteiger partial charge < -0.3 is 15.0 Å². The molecule has 0 spiro atoms. The lowest BCUT2D eigenvalue weighted by atomic mass is 10.1. The quantitative estimate of drug-likeness (QED) is 0.916. The normalized spacial score (nSPS) is 16.5. The van der Waals surface area contributed by atoms with Crippen molar-refractivity contribution >= 4 is 11.8 Å². The van der Waals surface area contributed by atoms with Crippen molar-refractivity contribution in [1.29, 1.82) is 0 Å². The number of likely N-dealkylation sites (tertiary alicyclic amines) is 1. The zero-order chi connectivity index (χ0) is 17.2. The Morgan fingerprint density at radius 3 is 2.30 bits per heavy atom. The Morgan fingerprint density at radius 2 is 1.83 bits per heavy atom. The Kier molecular flexibility index (Phi) is 4.82. The SMILES string of the molecule is CC(=O)N1CC(NC(=O)C(C)Oc2ccc(C(F)(F)F)cc2)C1. The van der Waals surface area contributed by atoms with Crippen LogP contribution in [0.15, 0.2) is 24.3 Å². The van der Waals surface area contributed by atoms with Gasteiger partial charge in [0.2, 0.25) is 5.91 Å². The molecule has 1 unspecified atom stereocenters. The third-order valence-electron chi connectivity index (χ3n) is 3.54. The highest BCUT2D eigenvalue weighted by Gasteiger charge is 2.32. The van der Waals surface area contributed by atoms with Crippen molar-refractivity contribution in [2.75, 3.05) is 13.1 Å². The minimum Gasteiger partial charge on any atom is -0.481 e. The molecule has 1 fully saturated rings. The maximum absolute atomic E-state index is 12.5. The van der Waals surface area contributed by atoms with E-state index in [9.17, 15) is 22.8 Å². The summed E-state index contributed by atoms with van der Waals surface area (Å²) in [6.45, 7) is 3.87. The highest BCUT2D eigenvalue weighted by atomic mass is 19.4. The second-order valence-corrected chi connectivity index (χ2v) is 5.41. The van der Waals surface area contributed by atoms with Crippen molar-refractivity contribution < 1.29 is 27.5 Å². The predicted molar refractivity (Wildman–Crippen MR) is 75.7 cm³/mol. The van der Waals surface area contributed by atoms with Gasteiger partial charge in [-0.25, -0.2) is 0 Å². The molecule has 8 heteroatoms. The minimum atomic E-state index is -4.41. The molecule has 0 aliphatic carbocycles. The minimum absolute atomic E-state index is 0.0513. The molecule has 23 heavy (non-hydrogen) atoms. The topological polar surface area (TPSA) is 58.6 Å². The molecule has 0 aromatic heterocycles. The summed E-state index contributed by atoms with van der Waals surface area (Å²) in [4.78, 5) is 24.6. The number of nitrogens with one attached hydrogen (secondary N) is 1. The number of amides is 2. The van der Waals surface area contributed by atoms with Crippen molar-refractivity contribution in [3.8, 4) is 5.75 Å². The fourth-order valence-corrected chi connectivity index (χ4v) is 2.13. The molecule has 126 valence electrons. The number of rotatable bonds is 4. The summed E-state index contributed by atoms with van der Waals surface area (Å²) in [6, 6.07) is 4.03. The molecule has 1 aliphatic heterocycles. The average Bonchev–Trinajstić information content (AvgIpc) is 2.41. The average molecular weight is 330 g/mol. The van der Waals surface area contributed by atoms with E-state index in [4.69, 9.17) is 4.74 Å². The van der Waals surface area contributed by atoms with Gasteiger partial charge in [0, 0.05) is 20.0 Å². The van der Waals surface area contributed by atoms with Gasteiger partial charge in [0.05, 0.1) is 11.6 Å². The van der Waals surface area contributed by atoms with Crippen molar-refractivity contribution in [2.45, 2.75) is 32.2 Å². The monoisotopic (exact) mass is 330 g/mol. The van der Waals surface area contributed by atoms with Crippen molar-refractivity contribution in [1.82, 2.24) is 10.2 Å². The molecule has 1 saturated heterocycles. The standard InChI is InChI=1S/C15H17F3N2O3/c1-9(14(22)19-12-7-20(8-12)10(2)21)23-13-5-3-11(4-6-13)15(16,17)18/h3-6,9,12H,7-8H2,1-2H3,(H,19,22). The summed E-state index contributed by atoms with van der Waals surface area (Å²) in [5.74, 6) is -0.248. The van der Waals surface area contributed by atoms with Crippen LogP contribution in [-0.4, -0.2) is 41.9 Å². The number of hydrogen-bond donors (Lipinski definition) is 1. The number of ether oxygens (including phenoxy) is 1. The maximum atomic E-state index is 12.5. The molecule has 1 aromatic rings. The third kappa shape index (κ3) is 4.37. The van der Waals surface area contributed by atoms with Crippen LogP contribution in [0.2, 0.25) is 0 Å². The summed E-state index contributed by atoms with van der Waals surface area (Å²) in [6.07, 6.45) is -5.26. The van der Waals surface area contributed by atoms with Crippen LogP contribution in [0, 0.1) is 0 Å². The van der Waals surface area contributed by atoms with E-state index < -0.39 is 17.8 Å². The zero-order valence-corrected chi connectivity index (χ0v) is 12.7. The molecule has 1 N–H and O–H groups in total. The van der Waals surface area contributed by atoms with Gasteiger partial charge in [0.1, 0.15) is 5.75 Å². The number of carbonyl (C=O) groups excluding carboxylic acids is 2. The molecule has 5 nitrogen and oxygen atoms in total. The van der Waals surface area contributed by atoms with Crippen LogP contribution in [0.1, 0.15) is 19.4 Å². The van der Waals surface area contributed by atoms with E-state index in [1.54, 1.807) is 4.90 Å². The van der Waals surface area contributed by atoms with Gasteiger partial charge in [-0.05, 0) is 31.2 Å². The molecule has 2 amide bonds. The lowest BCUT2D eigenvalue weighted by molar-refractivity contribution is -0.137. The van der Waals surface area contributed by atoms with Crippen molar-refractivity contribution in [3.05, 3.63) is 29.8 Å². The smallest absolute Gasteiger partial charge is 0.416 e. The fourth-order valence-electron chi connectivity index (χ4n) is 2.13. The molecular weight excluding hydrogens is 313 g/mol. The molecule has 2 rings (SSSR count). The molecule has 1 aromatic carbocycles. The van der Waals surface area contributed by atoms with Crippen molar-refractivity contribution in [2.24, 2.45) is 0 Å². The Hall–Kier alpha value is -2.25. The summed E-state index contributed by atoms with van der Waals surface area (Å²) >= 11 is 0. The van der Waals surface area contributed by atoms with E-state index in [1.807, 2.05) is 0 Å². The summed E-state index contributed by atoms with van der Waals surface area (Å²) < 4.78 is 42.7. The predicted octanol–water partition coefficient (Wildman–Crippen LogP) is 1.82.